The van der Waals surface area contributed by atoms with E-state index in [0.29, 0.717) is 0 Å². The van der Waals surface area contributed by atoms with Gasteiger partial charge in [-0.05, 0) is 30.5 Å². The number of thioether (sulfide) groups is 1. The molecular weight excluding hydrogens is 320 g/mol. The van der Waals surface area contributed by atoms with E-state index in [1.165, 1.54) is 0 Å². The van der Waals surface area contributed by atoms with Gasteiger partial charge in [0.05, 0.1) is 0 Å². The molecule has 22 heavy (non-hydrogen) atoms. The highest BCUT2D eigenvalue weighted by Crippen LogP contribution is 2.19. The Balaban J connectivity index is 0.00000176. The minimum Gasteiger partial charge on any atom is -0.336 e. The van der Waals surface area contributed by atoms with Gasteiger partial charge in [-0.1, -0.05) is 11.8 Å². The third-order valence-corrected chi connectivity index (χ3v) is 4.25. The van der Waals surface area contributed by atoms with E-state index in [9.17, 15) is 4.79 Å². The second-order valence-corrected chi connectivity index (χ2v) is 5.65. The Morgan fingerprint density at radius 2 is 1.91 bits per heavy atom. The Morgan fingerprint density at radius 3 is 2.55 bits per heavy atom. The first-order valence-electron chi connectivity index (χ1n) is 6.97. The summed E-state index contributed by atoms with van der Waals surface area (Å²) in [5, 5.41) is 4.20. The number of imidazole rings is 1. The van der Waals surface area contributed by atoms with Gasteiger partial charge in [0.25, 0.3) is 5.91 Å². The first-order chi connectivity index (χ1) is 10.3. The summed E-state index contributed by atoms with van der Waals surface area (Å²) in [6, 6.07) is 7.72. The predicted molar refractivity (Wildman–Crippen MR) is 91.4 cm³/mol. The first kappa shape index (κ1) is 16.9. The van der Waals surface area contributed by atoms with Crippen LogP contribution in [0, 0.1) is 0 Å². The van der Waals surface area contributed by atoms with Crippen LogP contribution in [0.5, 0.6) is 0 Å². The summed E-state index contributed by atoms with van der Waals surface area (Å²) in [5.41, 5.74) is 1.76. The summed E-state index contributed by atoms with van der Waals surface area (Å²) in [5.74, 6) is 0.110. The molecular formula is C15H19ClN4OS. The van der Waals surface area contributed by atoms with Crippen LogP contribution < -0.4 is 5.32 Å². The van der Waals surface area contributed by atoms with Crippen LogP contribution in [-0.4, -0.2) is 52.8 Å². The normalized spacial score (nSPS) is 14.5. The van der Waals surface area contributed by atoms with Gasteiger partial charge in [0, 0.05) is 49.8 Å². The van der Waals surface area contributed by atoms with Crippen molar-refractivity contribution in [3.8, 4) is 5.69 Å². The predicted octanol–water partition coefficient (Wildman–Crippen LogP) is 2.06. The number of aromatic nitrogens is 2. The van der Waals surface area contributed by atoms with Gasteiger partial charge in [0.15, 0.2) is 5.16 Å². The Labute approximate surface area is 140 Å². The topological polar surface area (TPSA) is 50.2 Å². The van der Waals surface area contributed by atoms with Gasteiger partial charge in [-0.15, -0.1) is 12.4 Å². The smallest absolute Gasteiger partial charge is 0.253 e. The third kappa shape index (κ3) is 3.45. The van der Waals surface area contributed by atoms with E-state index in [0.717, 1.165) is 42.6 Å². The number of hydrogen-bond acceptors (Lipinski definition) is 4. The Kier molecular flexibility index (Phi) is 5.88. The maximum absolute atomic E-state index is 12.4. The summed E-state index contributed by atoms with van der Waals surface area (Å²) in [6.07, 6.45) is 5.71. The minimum absolute atomic E-state index is 0. The van der Waals surface area contributed by atoms with Crippen LogP contribution in [0.2, 0.25) is 0 Å². The maximum Gasteiger partial charge on any atom is 0.253 e. The second-order valence-electron chi connectivity index (χ2n) is 4.87. The molecule has 1 aromatic carbocycles. The lowest BCUT2D eigenvalue weighted by molar-refractivity contribution is 0.0736. The second kappa shape index (κ2) is 7.67. The van der Waals surface area contributed by atoms with Crippen LogP contribution in [0.15, 0.2) is 41.8 Å². The van der Waals surface area contributed by atoms with Gasteiger partial charge in [-0.2, -0.15) is 0 Å². The van der Waals surface area contributed by atoms with Gasteiger partial charge >= 0.3 is 0 Å². The maximum atomic E-state index is 12.4. The summed E-state index contributed by atoms with van der Waals surface area (Å²) in [4.78, 5) is 18.6. The summed E-state index contributed by atoms with van der Waals surface area (Å²) >= 11 is 1.60. The molecule has 1 aliphatic heterocycles. The molecule has 5 nitrogen and oxygen atoms in total. The highest BCUT2D eigenvalue weighted by atomic mass is 35.5. The molecule has 0 saturated carbocycles. The van der Waals surface area contributed by atoms with E-state index in [4.69, 9.17) is 0 Å². The minimum atomic E-state index is 0. The van der Waals surface area contributed by atoms with Gasteiger partial charge in [0.1, 0.15) is 0 Å². The average molecular weight is 339 g/mol. The standard InChI is InChI=1S/C15H18N4OS.ClH/c1-21-15-17-8-11-19(15)13-4-2-12(3-5-13)14(20)18-9-6-16-7-10-18;/h2-5,8,11,16H,6-7,9-10H2,1H3;1H. The van der Waals surface area contributed by atoms with Crippen molar-refractivity contribution in [3.63, 3.8) is 0 Å². The van der Waals surface area contributed by atoms with Crippen molar-refractivity contribution >= 4 is 30.1 Å². The summed E-state index contributed by atoms with van der Waals surface area (Å²) < 4.78 is 2.02. The lowest BCUT2D eigenvalue weighted by Crippen LogP contribution is -2.46. The zero-order valence-electron chi connectivity index (χ0n) is 12.4. The Morgan fingerprint density at radius 1 is 1.23 bits per heavy atom. The van der Waals surface area contributed by atoms with E-state index >= 15 is 0 Å². The van der Waals surface area contributed by atoms with E-state index in [1.807, 2.05) is 46.2 Å². The molecule has 0 radical (unpaired) electrons. The van der Waals surface area contributed by atoms with Crippen molar-refractivity contribution in [2.24, 2.45) is 0 Å². The lowest BCUT2D eigenvalue weighted by Gasteiger charge is -2.27. The third-order valence-electron chi connectivity index (χ3n) is 3.59. The lowest BCUT2D eigenvalue weighted by atomic mass is 10.1. The van der Waals surface area contributed by atoms with Crippen LogP contribution in [-0.2, 0) is 0 Å². The zero-order chi connectivity index (χ0) is 14.7. The molecule has 1 aromatic heterocycles. The molecule has 1 saturated heterocycles. The first-order valence-corrected chi connectivity index (χ1v) is 8.20. The van der Waals surface area contributed by atoms with Crippen LogP contribution in [0.3, 0.4) is 0 Å². The molecule has 118 valence electrons. The number of hydrogen-bond donors (Lipinski definition) is 1. The number of piperazine rings is 1. The SMILES string of the molecule is CSc1nccn1-c1ccc(C(=O)N2CCNCC2)cc1.Cl. The monoisotopic (exact) mass is 338 g/mol. The van der Waals surface area contributed by atoms with Gasteiger partial charge in [0.2, 0.25) is 0 Å². The molecule has 0 unspecified atom stereocenters. The molecule has 2 aromatic rings. The number of benzene rings is 1. The molecule has 0 bridgehead atoms. The van der Waals surface area contributed by atoms with Crippen molar-refractivity contribution in [1.29, 1.82) is 0 Å². The molecule has 0 atom stereocenters. The molecule has 0 spiro atoms. The van der Waals surface area contributed by atoms with E-state index in [2.05, 4.69) is 10.3 Å². The number of halogens is 1. The van der Waals surface area contributed by atoms with Crippen molar-refractivity contribution in [2.75, 3.05) is 32.4 Å². The largest absolute Gasteiger partial charge is 0.336 e. The molecule has 1 fully saturated rings. The van der Waals surface area contributed by atoms with Crippen molar-refractivity contribution in [2.45, 2.75) is 5.16 Å². The van der Waals surface area contributed by atoms with Crippen LogP contribution in [0.4, 0.5) is 0 Å². The molecule has 1 N–H and O–H groups in total. The van der Waals surface area contributed by atoms with Gasteiger partial charge in [-0.25, -0.2) is 4.98 Å². The molecule has 0 aliphatic carbocycles. The fourth-order valence-electron chi connectivity index (χ4n) is 2.45. The van der Waals surface area contributed by atoms with E-state index in [1.54, 1.807) is 18.0 Å². The average Bonchev–Trinajstić information content (AvgIpc) is 3.04. The molecule has 3 rings (SSSR count). The van der Waals surface area contributed by atoms with Gasteiger partial charge in [-0.3, -0.25) is 9.36 Å². The van der Waals surface area contributed by atoms with E-state index in [-0.39, 0.29) is 18.3 Å². The number of carbonyl (C=O) groups is 1. The number of nitrogens with one attached hydrogen (secondary N) is 1. The molecule has 1 aliphatic rings. The van der Waals surface area contributed by atoms with Crippen molar-refractivity contribution < 1.29 is 4.79 Å². The summed E-state index contributed by atoms with van der Waals surface area (Å²) in [7, 11) is 0. The molecule has 1 amide bonds. The number of amides is 1. The Bertz CT molecular complexity index is 623. The fraction of sp³-hybridized carbons (Fsp3) is 0.333. The fourth-order valence-corrected chi connectivity index (χ4v) is 2.98. The Hall–Kier alpha value is -1.50. The highest BCUT2D eigenvalue weighted by molar-refractivity contribution is 7.98. The zero-order valence-corrected chi connectivity index (χ0v) is 14.0. The molecule has 2 heterocycles. The van der Waals surface area contributed by atoms with Crippen molar-refractivity contribution in [1.82, 2.24) is 19.8 Å². The number of rotatable bonds is 3. The van der Waals surface area contributed by atoms with Gasteiger partial charge < -0.3 is 10.2 Å². The van der Waals surface area contributed by atoms with Crippen LogP contribution in [0.1, 0.15) is 10.4 Å². The quantitative estimate of drug-likeness (QED) is 0.870. The highest BCUT2D eigenvalue weighted by Gasteiger charge is 2.17. The van der Waals surface area contributed by atoms with Crippen LogP contribution >= 0.6 is 24.2 Å². The van der Waals surface area contributed by atoms with Crippen molar-refractivity contribution in [3.05, 3.63) is 42.2 Å². The number of nitrogens with zero attached hydrogens (tertiary/aromatic N) is 3. The molecule has 7 heteroatoms. The van der Waals surface area contributed by atoms with Crippen LogP contribution in [0.25, 0.3) is 5.69 Å². The summed E-state index contributed by atoms with van der Waals surface area (Å²) in [6.45, 7) is 3.29. The van der Waals surface area contributed by atoms with E-state index < -0.39 is 0 Å². The number of carbonyl (C=O) groups excluding carboxylic acids is 1.